The Morgan fingerprint density at radius 1 is 1.47 bits per heavy atom. The SMILES string of the molecule is O=C(CCl)OC1Cc2ccccc2C1=O. The number of esters is 1. The highest BCUT2D eigenvalue weighted by Gasteiger charge is 2.32. The van der Waals surface area contributed by atoms with Gasteiger partial charge >= 0.3 is 5.97 Å². The predicted molar refractivity (Wildman–Crippen MR) is 55.1 cm³/mol. The minimum Gasteiger partial charge on any atom is -0.453 e. The molecule has 0 radical (unpaired) electrons. The summed E-state index contributed by atoms with van der Waals surface area (Å²) in [6.45, 7) is 0. The van der Waals surface area contributed by atoms with Crippen LogP contribution in [0.1, 0.15) is 15.9 Å². The molecule has 78 valence electrons. The molecule has 0 saturated heterocycles. The highest BCUT2D eigenvalue weighted by atomic mass is 35.5. The lowest BCUT2D eigenvalue weighted by molar-refractivity contribution is -0.143. The van der Waals surface area contributed by atoms with Crippen LogP contribution in [0, 0.1) is 0 Å². The van der Waals surface area contributed by atoms with E-state index in [0.29, 0.717) is 12.0 Å². The molecule has 0 heterocycles. The van der Waals surface area contributed by atoms with E-state index < -0.39 is 12.1 Å². The fourth-order valence-corrected chi connectivity index (χ4v) is 1.75. The van der Waals surface area contributed by atoms with Crippen LogP contribution in [0.3, 0.4) is 0 Å². The Morgan fingerprint density at radius 3 is 2.87 bits per heavy atom. The number of hydrogen-bond donors (Lipinski definition) is 0. The normalized spacial score (nSPS) is 18.7. The van der Waals surface area contributed by atoms with Gasteiger partial charge in [-0.1, -0.05) is 24.3 Å². The molecule has 3 nitrogen and oxygen atoms in total. The average Bonchev–Trinajstić information content (AvgIpc) is 2.57. The Labute approximate surface area is 92.0 Å². The molecular weight excluding hydrogens is 216 g/mol. The number of Topliss-reactive ketones (excluding diaryl/α,β-unsaturated/α-hetero) is 1. The Hall–Kier alpha value is -1.35. The van der Waals surface area contributed by atoms with Gasteiger partial charge in [-0.15, -0.1) is 11.6 Å². The molecule has 1 aromatic rings. The number of ketones is 1. The summed E-state index contributed by atoms with van der Waals surface area (Å²) in [5.74, 6) is -0.910. The molecule has 4 heteroatoms. The third-order valence-corrected chi connectivity index (χ3v) is 2.58. The largest absolute Gasteiger partial charge is 0.453 e. The Kier molecular flexibility index (Phi) is 2.73. The summed E-state index contributed by atoms with van der Waals surface area (Å²) in [5.41, 5.74) is 1.57. The van der Waals surface area contributed by atoms with Crippen LogP contribution in [-0.4, -0.2) is 23.7 Å². The zero-order chi connectivity index (χ0) is 10.8. The van der Waals surface area contributed by atoms with Gasteiger partial charge in [-0.3, -0.25) is 9.59 Å². The molecule has 0 bridgehead atoms. The molecule has 1 aliphatic rings. The monoisotopic (exact) mass is 224 g/mol. The van der Waals surface area contributed by atoms with E-state index in [1.165, 1.54) is 0 Å². The van der Waals surface area contributed by atoms with Gasteiger partial charge in [0, 0.05) is 12.0 Å². The summed E-state index contributed by atoms with van der Waals surface area (Å²) in [6, 6.07) is 7.26. The quantitative estimate of drug-likeness (QED) is 0.566. The van der Waals surface area contributed by atoms with Crippen molar-refractivity contribution in [3.63, 3.8) is 0 Å². The smallest absolute Gasteiger partial charge is 0.321 e. The first-order valence-corrected chi connectivity index (χ1v) is 5.13. The minimum atomic E-state index is -0.686. The van der Waals surface area contributed by atoms with Crippen LogP contribution < -0.4 is 0 Å². The Bertz CT molecular complexity index is 414. The summed E-state index contributed by atoms with van der Waals surface area (Å²) in [5, 5.41) is 0. The summed E-state index contributed by atoms with van der Waals surface area (Å²) in [4.78, 5) is 22.7. The van der Waals surface area contributed by atoms with Crippen LogP contribution in [0.4, 0.5) is 0 Å². The molecule has 2 rings (SSSR count). The number of benzene rings is 1. The van der Waals surface area contributed by atoms with Crippen molar-refractivity contribution >= 4 is 23.4 Å². The van der Waals surface area contributed by atoms with Gasteiger partial charge in [0.15, 0.2) is 6.10 Å². The summed E-state index contributed by atoms with van der Waals surface area (Å²) >= 11 is 5.30. The number of fused-ring (bicyclic) bond motifs is 1. The maximum Gasteiger partial charge on any atom is 0.321 e. The molecular formula is C11H9ClO3. The van der Waals surface area contributed by atoms with Crippen molar-refractivity contribution in [3.05, 3.63) is 35.4 Å². The number of halogens is 1. The average molecular weight is 225 g/mol. The van der Waals surface area contributed by atoms with E-state index in [9.17, 15) is 9.59 Å². The lowest BCUT2D eigenvalue weighted by Crippen LogP contribution is -2.24. The lowest BCUT2D eigenvalue weighted by atomic mass is 10.1. The number of carbonyl (C=O) groups excluding carboxylic acids is 2. The van der Waals surface area contributed by atoms with Gasteiger partial charge < -0.3 is 4.74 Å². The number of alkyl halides is 1. The van der Waals surface area contributed by atoms with Crippen molar-refractivity contribution in [1.29, 1.82) is 0 Å². The van der Waals surface area contributed by atoms with Gasteiger partial charge in [0.05, 0.1) is 0 Å². The van der Waals surface area contributed by atoms with Crippen molar-refractivity contribution in [2.75, 3.05) is 5.88 Å². The van der Waals surface area contributed by atoms with Crippen LogP contribution in [-0.2, 0) is 16.0 Å². The third kappa shape index (κ3) is 1.88. The standard InChI is InChI=1S/C11H9ClO3/c12-6-10(13)15-9-5-7-3-1-2-4-8(7)11(9)14/h1-4,9H,5-6H2. The van der Waals surface area contributed by atoms with Crippen molar-refractivity contribution < 1.29 is 14.3 Å². The van der Waals surface area contributed by atoms with E-state index in [2.05, 4.69) is 0 Å². The fraction of sp³-hybridized carbons (Fsp3) is 0.273. The Morgan fingerprint density at radius 2 is 2.20 bits per heavy atom. The summed E-state index contributed by atoms with van der Waals surface area (Å²) < 4.78 is 4.93. The van der Waals surface area contributed by atoms with Crippen LogP contribution >= 0.6 is 11.6 Å². The second-order valence-corrected chi connectivity index (χ2v) is 3.60. The maximum atomic E-state index is 11.7. The lowest BCUT2D eigenvalue weighted by Gasteiger charge is -2.07. The van der Waals surface area contributed by atoms with E-state index in [1.54, 1.807) is 12.1 Å². The molecule has 0 spiro atoms. The zero-order valence-electron chi connectivity index (χ0n) is 7.90. The molecule has 15 heavy (non-hydrogen) atoms. The van der Waals surface area contributed by atoms with E-state index in [0.717, 1.165) is 5.56 Å². The van der Waals surface area contributed by atoms with Crippen molar-refractivity contribution in [3.8, 4) is 0 Å². The third-order valence-electron chi connectivity index (χ3n) is 2.36. The van der Waals surface area contributed by atoms with Crippen LogP contribution in [0.15, 0.2) is 24.3 Å². The number of ether oxygens (including phenoxy) is 1. The van der Waals surface area contributed by atoms with Gasteiger partial charge in [0.25, 0.3) is 0 Å². The van der Waals surface area contributed by atoms with E-state index in [-0.39, 0.29) is 11.7 Å². The topological polar surface area (TPSA) is 43.4 Å². The van der Waals surface area contributed by atoms with E-state index >= 15 is 0 Å². The first-order chi connectivity index (χ1) is 7.22. The molecule has 1 unspecified atom stereocenters. The highest BCUT2D eigenvalue weighted by Crippen LogP contribution is 2.23. The number of hydrogen-bond acceptors (Lipinski definition) is 3. The van der Waals surface area contributed by atoms with E-state index in [1.807, 2.05) is 12.1 Å². The number of carbonyl (C=O) groups is 2. The second-order valence-electron chi connectivity index (χ2n) is 3.34. The molecule has 0 N–H and O–H groups in total. The molecule has 1 aliphatic carbocycles. The van der Waals surface area contributed by atoms with Gasteiger partial charge in [-0.25, -0.2) is 0 Å². The summed E-state index contributed by atoms with van der Waals surface area (Å²) in [6.07, 6.45) is -0.230. The van der Waals surface area contributed by atoms with Crippen LogP contribution in [0.5, 0.6) is 0 Å². The first-order valence-electron chi connectivity index (χ1n) is 4.60. The first kappa shape index (κ1) is 10.2. The van der Waals surface area contributed by atoms with Crippen molar-refractivity contribution in [2.45, 2.75) is 12.5 Å². The molecule has 0 aromatic heterocycles. The molecule has 1 atom stereocenters. The van der Waals surface area contributed by atoms with Crippen LogP contribution in [0.25, 0.3) is 0 Å². The predicted octanol–water partition coefficient (Wildman–Crippen LogP) is 1.58. The van der Waals surface area contributed by atoms with Crippen LogP contribution in [0.2, 0.25) is 0 Å². The Balaban J connectivity index is 2.17. The zero-order valence-corrected chi connectivity index (χ0v) is 8.66. The second kappa shape index (κ2) is 4.03. The highest BCUT2D eigenvalue weighted by molar-refractivity contribution is 6.26. The van der Waals surface area contributed by atoms with Gasteiger partial charge in [-0.05, 0) is 5.56 Å². The fourth-order valence-electron chi connectivity index (χ4n) is 1.69. The minimum absolute atomic E-state index is 0.135. The van der Waals surface area contributed by atoms with Gasteiger partial charge in [0.1, 0.15) is 5.88 Å². The maximum absolute atomic E-state index is 11.7. The van der Waals surface area contributed by atoms with Gasteiger partial charge in [0.2, 0.25) is 5.78 Å². The summed E-state index contributed by atoms with van der Waals surface area (Å²) in [7, 11) is 0. The molecule has 0 aliphatic heterocycles. The van der Waals surface area contributed by atoms with Crippen molar-refractivity contribution in [1.82, 2.24) is 0 Å². The van der Waals surface area contributed by atoms with Crippen molar-refractivity contribution in [2.24, 2.45) is 0 Å². The van der Waals surface area contributed by atoms with Gasteiger partial charge in [-0.2, -0.15) is 0 Å². The molecule has 1 aromatic carbocycles. The molecule has 0 amide bonds. The molecule has 0 saturated carbocycles. The number of rotatable bonds is 2. The molecule has 0 fully saturated rings. The van der Waals surface area contributed by atoms with E-state index in [4.69, 9.17) is 16.3 Å².